The normalized spacial score (nSPS) is 15.8. The first-order valence-electron chi connectivity index (χ1n) is 14.0. The summed E-state index contributed by atoms with van der Waals surface area (Å²) in [5.74, 6) is 0.655. The van der Waals surface area contributed by atoms with Gasteiger partial charge in [-0.3, -0.25) is 9.69 Å². The van der Waals surface area contributed by atoms with E-state index in [1.165, 1.54) is 33.4 Å². The second kappa shape index (κ2) is 12.3. The summed E-state index contributed by atoms with van der Waals surface area (Å²) >= 11 is 0. The third kappa shape index (κ3) is 6.58. The number of carbonyl (C=O) groups is 1. The predicted molar refractivity (Wildman–Crippen MR) is 158 cm³/mol. The summed E-state index contributed by atoms with van der Waals surface area (Å²) in [6.07, 6.45) is 1.03. The molecule has 1 aliphatic rings. The maximum absolute atomic E-state index is 13.0. The molecule has 1 N–H and O–H groups in total. The van der Waals surface area contributed by atoms with Crippen molar-refractivity contribution in [2.45, 2.75) is 58.8 Å². The van der Waals surface area contributed by atoms with Crippen LogP contribution in [0.4, 0.5) is 0 Å². The van der Waals surface area contributed by atoms with Crippen LogP contribution in [0.25, 0.3) is 0 Å². The lowest BCUT2D eigenvalue weighted by Gasteiger charge is -2.38. The first-order chi connectivity index (χ1) is 19.0. The van der Waals surface area contributed by atoms with E-state index in [9.17, 15) is 4.79 Å². The Morgan fingerprint density at radius 2 is 1.62 bits per heavy atom. The van der Waals surface area contributed by atoms with Crippen LogP contribution in [0.15, 0.2) is 97.1 Å². The van der Waals surface area contributed by atoms with Gasteiger partial charge in [0, 0.05) is 19.6 Å². The van der Waals surface area contributed by atoms with Gasteiger partial charge in [0.05, 0.1) is 6.04 Å². The molecule has 1 heterocycles. The molecule has 39 heavy (non-hydrogen) atoms. The summed E-state index contributed by atoms with van der Waals surface area (Å²) in [7, 11) is 0. The number of ether oxygens (including phenoxy) is 1. The molecule has 4 aromatic rings. The van der Waals surface area contributed by atoms with E-state index in [4.69, 9.17) is 4.74 Å². The summed E-state index contributed by atoms with van der Waals surface area (Å²) < 4.78 is 6.33. The third-order valence-electron chi connectivity index (χ3n) is 7.52. The number of benzene rings is 4. The molecule has 0 spiro atoms. The van der Waals surface area contributed by atoms with Gasteiger partial charge in [0.15, 0.2) is 6.10 Å². The molecule has 0 radical (unpaired) electrons. The van der Waals surface area contributed by atoms with Gasteiger partial charge in [-0.25, -0.2) is 0 Å². The Morgan fingerprint density at radius 1 is 0.897 bits per heavy atom. The van der Waals surface area contributed by atoms with Gasteiger partial charge in [-0.05, 0) is 66.6 Å². The maximum Gasteiger partial charge on any atom is 0.261 e. The fourth-order valence-electron chi connectivity index (χ4n) is 5.57. The molecule has 0 saturated carbocycles. The Morgan fingerprint density at radius 3 is 2.33 bits per heavy atom. The van der Waals surface area contributed by atoms with Gasteiger partial charge >= 0.3 is 0 Å². The minimum Gasteiger partial charge on any atom is -0.481 e. The summed E-state index contributed by atoms with van der Waals surface area (Å²) in [5, 5.41) is 3.06. The largest absolute Gasteiger partial charge is 0.481 e. The van der Waals surface area contributed by atoms with Crippen LogP contribution in [0.2, 0.25) is 0 Å². The zero-order chi connectivity index (χ0) is 27.2. The van der Waals surface area contributed by atoms with Crippen molar-refractivity contribution < 1.29 is 9.53 Å². The standard InChI is InChI=1S/C35H38N2O2/c1-4-33(35(38)36-23-27-12-8-10-25(2)20-27)39-31-17-16-29-18-19-37(24-28-13-9-11-26(3)21-28)34(32(29)22-31)30-14-6-5-7-15-30/h5-17,20-22,33-34H,4,18-19,23-24H2,1-3H3,(H,36,38). The molecule has 1 aliphatic heterocycles. The fourth-order valence-corrected chi connectivity index (χ4v) is 5.57. The Bertz CT molecular complexity index is 1420. The number of hydrogen-bond donors (Lipinski definition) is 1. The highest BCUT2D eigenvalue weighted by atomic mass is 16.5. The van der Waals surface area contributed by atoms with Gasteiger partial charge in [0.25, 0.3) is 5.91 Å². The lowest BCUT2D eigenvalue weighted by molar-refractivity contribution is -0.128. The van der Waals surface area contributed by atoms with Crippen LogP contribution in [-0.4, -0.2) is 23.5 Å². The fraction of sp³-hybridized carbons (Fsp3) is 0.286. The number of aryl methyl sites for hydroxylation is 2. The smallest absolute Gasteiger partial charge is 0.261 e. The van der Waals surface area contributed by atoms with Gasteiger partial charge in [-0.2, -0.15) is 0 Å². The van der Waals surface area contributed by atoms with Gasteiger partial charge < -0.3 is 10.1 Å². The molecule has 0 bridgehead atoms. The number of nitrogens with one attached hydrogen (secondary N) is 1. The first kappa shape index (κ1) is 26.7. The number of fused-ring (bicyclic) bond motifs is 1. The Balaban J connectivity index is 1.37. The third-order valence-corrected chi connectivity index (χ3v) is 7.52. The molecule has 0 aliphatic carbocycles. The van der Waals surface area contributed by atoms with Gasteiger partial charge in [-0.1, -0.05) is 103 Å². The quantitative estimate of drug-likeness (QED) is 0.261. The lowest BCUT2D eigenvalue weighted by atomic mass is 9.87. The Kier molecular flexibility index (Phi) is 8.43. The molecular weight excluding hydrogens is 480 g/mol. The zero-order valence-corrected chi connectivity index (χ0v) is 23.2. The van der Waals surface area contributed by atoms with Crippen molar-refractivity contribution in [3.63, 3.8) is 0 Å². The van der Waals surface area contributed by atoms with Crippen molar-refractivity contribution in [1.82, 2.24) is 10.2 Å². The van der Waals surface area contributed by atoms with Crippen LogP contribution in [0, 0.1) is 13.8 Å². The second-order valence-corrected chi connectivity index (χ2v) is 10.6. The average molecular weight is 519 g/mol. The van der Waals surface area contributed by atoms with E-state index >= 15 is 0 Å². The number of amides is 1. The van der Waals surface area contributed by atoms with Crippen molar-refractivity contribution in [3.05, 3.63) is 136 Å². The van der Waals surface area contributed by atoms with Crippen LogP contribution >= 0.6 is 0 Å². The van der Waals surface area contributed by atoms with Crippen LogP contribution < -0.4 is 10.1 Å². The molecule has 4 aromatic carbocycles. The van der Waals surface area contributed by atoms with Crippen molar-refractivity contribution >= 4 is 5.91 Å². The summed E-state index contributed by atoms with van der Waals surface area (Å²) in [4.78, 5) is 15.6. The van der Waals surface area contributed by atoms with Crippen molar-refractivity contribution in [2.75, 3.05) is 6.54 Å². The summed E-state index contributed by atoms with van der Waals surface area (Å²) in [5.41, 5.74) is 8.74. The number of carbonyl (C=O) groups excluding carboxylic acids is 1. The van der Waals surface area contributed by atoms with E-state index in [1.807, 2.05) is 25.1 Å². The molecular formula is C35H38N2O2. The van der Waals surface area contributed by atoms with E-state index in [0.29, 0.717) is 13.0 Å². The van der Waals surface area contributed by atoms with E-state index in [0.717, 1.165) is 30.8 Å². The number of rotatable bonds is 9. The van der Waals surface area contributed by atoms with Gasteiger partial charge in [-0.15, -0.1) is 0 Å². The van der Waals surface area contributed by atoms with E-state index in [-0.39, 0.29) is 11.9 Å². The van der Waals surface area contributed by atoms with E-state index < -0.39 is 6.10 Å². The topological polar surface area (TPSA) is 41.6 Å². The summed E-state index contributed by atoms with van der Waals surface area (Å²) in [6, 6.07) is 34.2. The molecule has 0 fully saturated rings. The predicted octanol–water partition coefficient (Wildman–Crippen LogP) is 6.92. The Labute approximate surface area is 232 Å². The number of nitrogens with zero attached hydrogens (tertiary/aromatic N) is 1. The van der Waals surface area contributed by atoms with E-state index in [1.54, 1.807) is 0 Å². The van der Waals surface area contributed by atoms with Crippen LogP contribution in [0.1, 0.15) is 58.3 Å². The molecule has 2 unspecified atom stereocenters. The van der Waals surface area contributed by atoms with Crippen molar-refractivity contribution in [1.29, 1.82) is 0 Å². The molecule has 2 atom stereocenters. The Hall–Kier alpha value is -3.89. The molecule has 4 nitrogen and oxygen atoms in total. The zero-order valence-electron chi connectivity index (χ0n) is 23.2. The maximum atomic E-state index is 13.0. The minimum atomic E-state index is -0.546. The molecule has 0 saturated heterocycles. The molecule has 4 heteroatoms. The molecule has 0 aromatic heterocycles. The van der Waals surface area contributed by atoms with Crippen LogP contribution in [-0.2, 0) is 24.3 Å². The lowest BCUT2D eigenvalue weighted by Crippen LogP contribution is -2.38. The van der Waals surface area contributed by atoms with Gasteiger partial charge in [0.1, 0.15) is 5.75 Å². The SMILES string of the molecule is CCC(Oc1ccc2c(c1)C(c1ccccc1)N(Cc1cccc(C)c1)CC2)C(=O)NCc1cccc(C)c1. The van der Waals surface area contributed by atoms with Gasteiger partial charge in [0.2, 0.25) is 0 Å². The monoisotopic (exact) mass is 518 g/mol. The first-order valence-corrected chi connectivity index (χ1v) is 14.0. The highest BCUT2D eigenvalue weighted by molar-refractivity contribution is 5.81. The van der Waals surface area contributed by atoms with Crippen LogP contribution in [0.3, 0.4) is 0 Å². The molecule has 5 rings (SSSR count). The average Bonchev–Trinajstić information content (AvgIpc) is 2.95. The molecule has 200 valence electrons. The van der Waals surface area contributed by atoms with Crippen LogP contribution in [0.5, 0.6) is 5.75 Å². The van der Waals surface area contributed by atoms with Crippen molar-refractivity contribution in [3.8, 4) is 5.75 Å². The number of hydrogen-bond acceptors (Lipinski definition) is 3. The minimum absolute atomic E-state index is 0.0857. The highest BCUT2D eigenvalue weighted by Gasteiger charge is 2.30. The van der Waals surface area contributed by atoms with Crippen molar-refractivity contribution in [2.24, 2.45) is 0 Å². The summed E-state index contributed by atoms with van der Waals surface area (Å²) in [6.45, 7) is 8.56. The molecule has 1 amide bonds. The highest BCUT2D eigenvalue weighted by Crippen LogP contribution is 2.38. The van der Waals surface area contributed by atoms with E-state index in [2.05, 4.69) is 103 Å². The second-order valence-electron chi connectivity index (χ2n) is 10.6.